The lowest BCUT2D eigenvalue weighted by Crippen LogP contribution is -2.57. The van der Waals surface area contributed by atoms with Crippen LogP contribution in [0.1, 0.15) is 18.4 Å². The van der Waals surface area contributed by atoms with Gasteiger partial charge in [-0.25, -0.2) is 4.79 Å². The van der Waals surface area contributed by atoms with Gasteiger partial charge in [0.2, 0.25) is 0 Å². The average molecular weight is 564 g/mol. The van der Waals surface area contributed by atoms with Crippen LogP contribution < -0.4 is 5.32 Å². The molecule has 1 unspecified atom stereocenters. The third kappa shape index (κ3) is 4.15. The van der Waals surface area contributed by atoms with Gasteiger partial charge in [-0.05, 0) is 70.5 Å². The van der Waals surface area contributed by atoms with Crippen molar-refractivity contribution in [3.05, 3.63) is 44.3 Å². The van der Waals surface area contributed by atoms with Crippen LogP contribution in [0.15, 0.2) is 35.0 Å². The Bertz CT molecular complexity index is 1110. The number of hydrogen-bond acceptors (Lipinski definition) is 6. The van der Waals surface area contributed by atoms with Gasteiger partial charge in [0.05, 0.1) is 5.52 Å². The first-order valence-electron chi connectivity index (χ1n) is 9.25. The van der Waals surface area contributed by atoms with E-state index in [0.717, 1.165) is 9.09 Å². The number of carbonyl (C=O) groups excluding carboxylic acids is 2. The summed E-state index contributed by atoms with van der Waals surface area (Å²) in [7, 11) is 0. The van der Waals surface area contributed by atoms with E-state index in [0.29, 0.717) is 37.1 Å². The first kappa shape index (κ1) is 22.0. The molecule has 164 valence electrons. The molecular weight excluding hydrogens is 548 g/mol. The van der Waals surface area contributed by atoms with E-state index in [9.17, 15) is 22.8 Å². The number of H-pyrrole nitrogens is 1. The maximum Gasteiger partial charge on any atom is 0.491 e. The Hall–Kier alpha value is -2.19. The lowest BCUT2D eigenvalue weighted by Gasteiger charge is -2.39. The number of esters is 1. The molecule has 3 aromatic rings. The van der Waals surface area contributed by atoms with Gasteiger partial charge in [0, 0.05) is 29.7 Å². The summed E-state index contributed by atoms with van der Waals surface area (Å²) in [6.45, 7) is 0.625. The van der Waals surface area contributed by atoms with E-state index in [2.05, 4.69) is 38.1 Å². The molecule has 12 heteroatoms. The smallest absolute Gasteiger partial charge is 0.423 e. The third-order valence-corrected chi connectivity index (χ3v) is 6.51. The minimum atomic E-state index is -5.24. The molecule has 7 nitrogen and oxygen atoms in total. The van der Waals surface area contributed by atoms with Gasteiger partial charge in [-0.3, -0.25) is 14.8 Å². The summed E-state index contributed by atoms with van der Waals surface area (Å²) < 4.78 is 45.2. The normalized spacial score (nSPS) is 16.9. The standard InChI is InChI=1S/C19H16F3IN4O3S/c20-19(21,22)17(29)30-18(11-5-8-31-10-11,27-6-1-2-7-27)16(28)24-12-3-4-14-13(9-12)15(23)26-25-14/h3-5,8-10H,1-2,6-7H2,(H,24,28)(H,25,26). The van der Waals surface area contributed by atoms with Crippen LogP contribution in [0, 0.1) is 3.70 Å². The first-order chi connectivity index (χ1) is 14.7. The molecule has 2 aromatic heterocycles. The Labute approximate surface area is 192 Å². The van der Waals surface area contributed by atoms with Crippen molar-refractivity contribution < 1.29 is 27.5 Å². The van der Waals surface area contributed by atoms with Crippen molar-refractivity contribution in [1.82, 2.24) is 15.1 Å². The average Bonchev–Trinajstić information content (AvgIpc) is 3.48. The second-order valence-electron chi connectivity index (χ2n) is 6.96. The Morgan fingerprint density at radius 3 is 2.61 bits per heavy atom. The quantitative estimate of drug-likeness (QED) is 0.358. The van der Waals surface area contributed by atoms with Gasteiger partial charge in [0.15, 0.2) is 0 Å². The summed E-state index contributed by atoms with van der Waals surface area (Å²) in [6.07, 6.45) is -3.91. The molecule has 31 heavy (non-hydrogen) atoms. The molecule has 0 spiro atoms. The van der Waals surface area contributed by atoms with Crippen molar-refractivity contribution in [1.29, 1.82) is 0 Å². The van der Waals surface area contributed by atoms with Gasteiger partial charge < -0.3 is 10.1 Å². The Morgan fingerprint density at radius 1 is 1.23 bits per heavy atom. The van der Waals surface area contributed by atoms with Gasteiger partial charge in [0.25, 0.3) is 11.6 Å². The number of anilines is 1. The SMILES string of the molecule is O=C(OC(C(=O)Nc1ccc2n[nH]c(I)c2c1)(c1ccsc1)N1CCCC1)C(F)(F)F. The summed E-state index contributed by atoms with van der Waals surface area (Å²) in [6, 6.07) is 6.42. The Kier molecular flexibility index (Phi) is 5.96. The van der Waals surface area contributed by atoms with E-state index >= 15 is 0 Å². The van der Waals surface area contributed by atoms with Crippen molar-refractivity contribution in [2.75, 3.05) is 18.4 Å². The predicted molar refractivity (Wildman–Crippen MR) is 116 cm³/mol. The maximum atomic E-state index is 13.5. The fourth-order valence-corrected chi connectivity index (χ4v) is 4.82. The van der Waals surface area contributed by atoms with E-state index in [1.54, 1.807) is 23.6 Å². The van der Waals surface area contributed by atoms with E-state index in [-0.39, 0.29) is 5.56 Å². The number of carbonyl (C=O) groups is 2. The molecule has 1 fully saturated rings. The molecule has 4 rings (SSSR count). The number of rotatable bonds is 5. The van der Waals surface area contributed by atoms with Crippen molar-refractivity contribution >= 4 is 62.4 Å². The summed E-state index contributed by atoms with van der Waals surface area (Å²) >= 11 is 3.25. The van der Waals surface area contributed by atoms with E-state index in [1.807, 2.05) is 0 Å². The molecule has 3 heterocycles. The van der Waals surface area contributed by atoms with E-state index in [4.69, 9.17) is 4.74 Å². The topological polar surface area (TPSA) is 87.3 Å². The van der Waals surface area contributed by atoms with Crippen LogP contribution in [0.25, 0.3) is 10.9 Å². The third-order valence-electron chi connectivity index (χ3n) is 5.01. The molecular formula is C19H16F3IN4O3S. The molecule has 0 saturated carbocycles. The fraction of sp³-hybridized carbons (Fsp3) is 0.316. The largest absolute Gasteiger partial charge is 0.491 e. The monoisotopic (exact) mass is 564 g/mol. The lowest BCUT2D eigenvalue weighted by atomic mass is 10.0. The van der Waals surface area contributed by atoms with Crippen LogP contribution in [0.5, 0.6) is 0 Å². The number of alkyl halides is 3. The Morgan fingerprint density at radius 2 is 1.97 bits per heavy atom. The number of aromatic nitrogens is 2. The molecule has 1 atom stereocenters. The van der Waals surface area contributed by atoms with E-state index in [1.165, 1.54) is 27.7 Å². The highest BCUT2D eigenvalue weighted by molar-refractivity contribution is 14.1. The highest BCUT2D eigenvalue weighted by atomic mass is 127. The van der Waals surface area contributed by atoms with Crippen LogP contribution in [0.4, 0.5) is 18.9 Å². The van der Waals surface area contributed by atoms with Crippen molar-refractivity contribution in [3.63, 3.8) is 0 Å². The van der Waals surface area contributed by atoms with Crippen LogP contribution >= 0.6 is 33.9 Å². The minimum Gasteiger partial charge on any atom is -0.423 e. The van der Waals surface area contributed by atoms with Crippen LogP contribution in [0.2, 0.25) is 0 Å². The first-order valence-corrected chi connectivity index (χ1v) is 11.3. The lowest BCUT2D eigenvalue weighted by molar-refractivity contribution is -0.230. The molecule has 1 saturated heterocycles. The summed E-state index contributed by atoms with van der Waals surface area (Å²) in [5.74, 6) is -3.29. The summed E-state index contributed by atoms with van der Waals surface area (Å²) in [5, 5.41) is 13.5. The van der Waals surface area contributed by atoms with Crippen molar-refractivity contribution in [3.8, 4) is 0 Å². The molecule has 1 aliphatic heterocycles. The second-order valence-corrected chi connectivity index (χ2v) is 8.82. The number of amides is 1. The predicted octanol–water partition coefficient (Wildman–Crippen LogP) is 4.22. The molecule has 0 radical (unpaired) electrons. The number of fused-ring (bicyclic) bond motifs is 1. The number of ether oxygens (including phenoxy) is 1. The van der Waals surface area contributed by atoms with Crippen LogP contribution in [-0.2, 0) is 20.1 Å². The number of thiophene rings is 1. The number of halogens is 4. The molecule has 1 amide bonds. The number of nitrogens with zero attached hydrogens (tertiary/aromatic N) is 2. The summed E-state index contributed by atoms with van der Waals surface area (Å²) in [4.78, 5) is 26.9. The molecule has 1 aromatic carbocycles. The minimum absolute atomic E-state index is 0.175. The van der Waals surface area contributed by atoms with Gasteiger partial charge in [0.1, 0.15) is 3.70 Å². The van der Waals surface area contributed by atoms with Crippen molar-refractivity contribution in [2.45, 2.75) is 24.7 Å². The number of nitrogens with one attached hydrogen (secondary N) is 2. The van der Waals surface area contributed by atoms with Gasteiger partial charge in [-0.1, -0.05) is 0 Å². The Balaban J connectivity index is 1.76. The fourth-order valence-electron chi connectivity index (χ4n) is 3.58. The zero-order chi connectivity index (χ0) is 22.2. The van der Waals surface area contributed by atoms with E-state index < -0.39 is 23.8 Å². The van der Waals surface area contributed by atoms with Crippen LogP contribution in [0.3, 0.4) is 0 Å². The van der Waals surface area contributed by atoms with Gasteiger partial charge >= 0.3 is 12.1 Å². The van der Waals surface area contributed by atoms with Crippen LogP contribution in [-0.4, -0.2) is 46.2 Å². The number of aromatic amines is 1. The highest BCUT2D eigenvalue weighted by Gasteiger charge is 2.55. The highest BCUT2D eigenvalue weighted by Crippen LogP contribution is 2.38. The molecule has 0 aliphatic carbocycles. The number of benzene rings is 1. The molecule has 2 N–H and O–H groups in total. The maximum absolute atomic E-state index is 13.5. The zero-order valence-corrected chi connectivity index (χ0v) is 18.8. The zero-order valence-electron chi connectivity index (χ0n) is 15.8. The molecule has 1 aliphatic rings. The number of likely N-dealkylation sites (tertiary alicyclic amines) is 1. The molecule has 0 bridgehead atoms. The van der Waals surface area contributed by atoms with Crippen molar-refractivity contribution in [2.24, 2.45) is 0 Å². The number of hydrogen-bond donors (Lipinski definition) is 2. The second kappa shape index (κ2) is 8.39. The van der Waals surface area contributed by atoms with Gasteiger partial charge in [-0.2, -0.15) is 29.6 Å². The van der Waals surface area contributed by atoms with Gasteiger partial charge in [-0.15, -0.1) is 0 Å². The summed E-state index contributed by atoms with van der Waals surface area (Å²) in [5.41, 5.74) is -1.04.